The summed E-state index contributed by atoms with van der Waals surface area (Å²) in [5.41, 5.74) is 21.5. The molecule has 7 rings (SSSR count). The molecule has 0 unspecified atom stereocenters. The van der Waals surface area contributed by atoms with Gasteiger partial charge in [-0.1, -0.05) is 0 Å². The summed E-state index contributed by atoms with van der Waals surface area (Å²) < 4.78 is 2.27. The quantitative estimate of drug-likeness (QED) is 0.163. The molecule has 0 saturated carbocycles. The van der Waals surface area contributed by atoms with Crippen molar-refractivity contribution in [3.63, 3.8) is 0 Å². The van der Waals surface area contributed by atoms with Gasteiger partial charge in [0.05, 0.1) is 0 Å². The number of aliphatic imine (C=N–C) groups is 1. The molecule has 3 heteroatoms. The average molecular weight is 703 g/mol. The van der Waals surface area contributed by atoms with Gasteiger partial charge >= 0.3 is 292 Å². The number of hydrogen-bond donors (Lipinski definition) is 0. The van der Waals surface area contributed by atoms with Crippen molar-refractivity contribution in [2.45, 2.75) is 55.4 Å². The van der Waals surface area contributed by atoms with Gasteiger partial charge in [0.15, 0.2) is 0 Å². The predicted octanol–water partition coefficient (Wildman–Crippen LogP) is 11.4. The molecule has 1 aliphatic carbocycles. The topological polar surface area (TPSA) is 15.4 Å². The van der Waals surface area contributed by atoms with Crippen molar-refractivity contribution >= 4 is 33.6 Å². The summed E-state index contributed by atoms with van der Waals surface area (Å²) >= 11 is 3.80. The van der Waals surface area contributed by atoms with Crippen LogP contribution >= 0.6 is 0 Å². The Balaban J connectivity index is 1.60. The molecule has 0 aliphatic heterocycles. The van der Waals surface area contributed by atoms with E-state index in [0.29, 0.717) is 0 Å². The van der Waals surface area contributed by atoms with Gasteiger partial charge in [0.1, 0.15) is 0 Å². The third-order valence-electron chi connectivity index (χ3n) is 9.62. The van der Waals surface area contributed by atoms with Crippen molar-refractivity contribution in [1.29, 1.82) is 0 Å². The van der Waals surface area contributed by atoms with Gasteiger partial charge in [-0.05, 0) is 0 Å². The Kier molecular flexibility index (Phi) is 7.96. The Morgan fingerprint density at radius 2 is 0.979 bits per heavy atom. The van der Waals surface area contributed by atoms with Gasteiger partial charge in [0.2, 0.25) is 0 Å². The van der Waals surface area contributed by atoms with Crippen molar-refractivity contribution in [2.24, 2.45) is 4.99 Å². The first-order valence-corrected chi connectivity index (χ1v) is 17.0. The summed E-state index contributed by atoms with van der Waals surface area (Å²) in [4.78, 5) is 5.72. The zero-order valence-electron chi connectivity index (χ0n) is 28.4. The second-order valence-corrected chi connectivity index (χ2v) is 14.0. The Labute approximate surface area is 290 Å². The van der Waals surface area contributed by atoms with Crippen molar-refractivity contribution in [1.82, 2.24) is 0 Å². The van der Waals surface area contributed by atoms with E-state index in [2.05, 4.69) is 175 Å². The molecule has 0 bridgehead atoms. The van der Waals surface area contributed by atoms with E-state index in [1.54, 1.807) is 0 Å². The fourth-order valence-electron chi connectivity index (χ4n) is 7.68. The van der Waals surface area contributed by atoms with Crippen LogP contribution in [-0.4, -0.2) is 14.6 Å². The monoisotopic (exact) mass is 702 g/mol. The molecule has 0 radical (unpaired) electrons. The number of benzene rings is 6. The minimum absolute atomic E-state index is 0.982. The van der Waals surface area contributed by atoms with Crippen LogP contribution in [0.1, 0.15) is 55.6 Å². The van der Waals surface area contributed by atoms with E-state index in [1.165, 1.54) is 83.1 Å². The van der Waals surface area contributed by atoms with Crippen LogP contribution in [0, 0.1) is 55.4 Å². The van der Waals surface area contributed by atoms with E-state index in [1.807, 2.05) is 0 Å². The van der Waals surface area contributed by atoms with Crippen LogP contribution in [0.2, 0.25) is 0 Å². The van der Waals surface area contributed by atoms with Gasteiger partial charge < -0.3 is 0 Å². The second-order valence-electron chi connectivity index (χ2n) is 13.3. The van der Waals surface area contributed by atoms with Crippen LogP contribution < -0.4 is 0 Å². The number of rotatable bonds is 4. The van der Waals surface area contributed by atoms with E-state index in [4.69, 9.17) is 4.99 Å². The van der Waals surface area contributed by atoms with E-state index in [9.17, 15) is 0 Å². The summed E-state index contributed by atoms with van der Waals surface area (Å²) in [5.74, 6) is 0. The molecule has 47 heavy (non-hydrogen) atoms. The molecule has 0 amide bonds. The van der Waals surface area contributed by atoms with E-state index in [-0.39, 0.29) is 0 Å². The molecule has 235 valence electrons. The molecule has 1 aliphatic rings. The summed E-state index contributed by atoms with van der Waals surface area (Å²) in [5, 5.41) is 2.47. The van der Waals surface area contributed by atoms with E-state index in [0.717, 1.165) is 28.4 Å². The van der Waals surface area contributed by atoms with Crippen molar-refractivity contribution in [3.8, 4) is 22.3 Å². The molecule has 0 N–H and O–H groups in total. The van der Waals surface area contributed by atoms with Crippen LogP contribution in [0.5, 0.6) is 0 Å². The fraction of sp³-hybridized carbons (Fsp3) is 0.182. The normalized spacial score (nSPS) is 14.4. The maximum atomic E-state index is 5.72. The molecule has 0 spiro atoms. The summed E-state index contributed by atoms with van der Waals surface area (Å²) in [7, 11) is 0. The molecule has 6 aromatic carbocycles. The third-order valence-corrected chi connectivity index (χ3v) is 10.3. The Bertz CT molecular complexity index is 2290. The molecule has 0 aromatic heterocycles. The first-order chi connectivity index (χ1) is 22.5. The first kappa shape index (κ1) is 31.2. The predicted molar refractivity (Wildman–Crippen MR) is 196 cm³/mol. The summed E-state index contributed by atoms with van der Waals surface area (Å²) in [6.45, 7) is 17.6. The fourth-order valence-corrected chi connectivity index (χ4v) is 8.50. The second kappa shape index (κ2) is 12.0. The van der Waals surface area contributed by atoms with Crippen LogP contribution in [0.3, 0.4) is 0 Å². The van der Waals surface area contributed by atoms with Gasteiger partial charge in [-0.25, -0.2) is 0 Å². The standard InChI is InChI=1S/C44H40N2.Pd/c1-25-21-31(7)41(36(23-25)38-27(3)13-9-14-28(38)4)45-43-34-19-11-17-33-18-12-20-35(40(33)34)44(43)46-42-32(8)22-26(2)24-37(42)39-29(5)15-10-16-30(39)6;/h9-24H,1-8H3;/q;+1. The van der Waals surface area contributed by atoms with Crippen LogP contribution in [0.25, 0.3) is 33.0 Å². The first-order valence-electron chi connectivity index (χ1n) is 16.3. The maximum absolute atomic E-state index is 5.72. The number of nitrogens with zero attached hydrogens (tertiary/aromatic N) is 2. The van der Waals surface area contributed by atoms with E-state index < -0.39 is 0 Å². The average Bonchev–Trinajstić information content (AvgIpc) is 3.32. The molecule has 0 fully saturated rings. The Morgan fingerprint density at radius 3 is 1.57 bits per heavy atom. The molecule has 0 heterocycles. The zero-order chi connectivity index (χ0) is 33.1. The summed E-state index contributed by atoms with van der Waals surface area (Å²) in [6, 6.07) is 35.6. The molecule has 0 atom stereocenters. The molecular weight excluding hydrogens is 663 g/mol. The SMILES string of the molecule is Cc1cc(C)c(N=C2C(=[N+]([Pd])c3c(C)cc(C)cc3-c3c(C)cccc3C)c3cccc4cccc2c34)c(-c2c(C)cccc2C)c1. The van der Waals surface area contributed by atoms with Crippen molar-refractivity contribution in [2.75, 3.05) is 0 Å². The van der Waals surface area contributed by atoms with Crippen LogP contribution in [-0.2, 0) is 19.4 Å². The Morgan fingerprint density at radius 1 is 0.489 bits per heavy atom. The third kappa shape index (κ3) is 5.23. The van der Waals surface area contributed by atoms with Gasteiger partial charge in [-0.15, -0.1) is 0 Å². The number of hydrogen-bond acceptors (Lipinski definition) is 1. The van der Waals surface area contributed by atoms with Crippen LogP contribution in [0.15, 0.2) is 102 Å². The number of aryl methyl sites for hydroxylation is 8. The molecule has 0 saturated heterocycles. The summed E-state index contributed by atoms with van der Waals surface area (Å²) in [6.07, 6.45) is 0. The van der Waals surface area contributed by atoms with Gasteiger partial charge in [-0.2, -0.15) is 0 Å². The van der Waals surface area contributed by atoms with E-state index >= 15 is 0 Å². The van der Waals surface area contributed by atoms with Gasteiger partial charge in [0.25, 0.3) is 0 Å². The van der Waals surface area contributed by atoms with Gasteiger partial charge in [0, 0.05) is 0 Å². The molecular formula is C44H40N2Pd+. The van der Waals surface area contributed by atoms with Gasteiger partial charge in [-0.3, -0.25) is 0 Å². The minimum atomic E-state index is 0.982. The van der Waals surface area contributed by atoms with Crippen molar-refractivity contribution in [3.05, 3.63) is 153 Å². The van der Waals surface area contributed by atoms with Crippen LogP contribution in [0.4, 0.5) is 11.4 Å². The van der Waals surface area contributed by atoms with Crippen molar-refractivity contribution < 1.29 is 22.7 Å². The molecule has 2 nitrogen and oxygen atoms in total. The Hall–Kier alpha value is -4.42. The molecule has 6 aromatic rings. The zero-order valence-corrected chi connectivity index (χ0v) is 30.0.